The monoisotopic (exact) mass is 293 g/mol. The molecule has 0 unspecified atom stereocenters. The minimum atomic E-state index is -0.632. The summed E-state index contributed by atoms with van der Waals surface area (Å²) < 4.78 is 5.58. The van der Waals surface area contributed by atoms with E-state index in [4.69, 9.17) is 4.74 Å². The van der Waals surface area contributed by atoms with Gasteiger partial charge in [-0.05, 0) is 44.9 Å². The second-order valence-electron chi connectivity index (χ2n) is 6.85. The predicted molar refractivity (Wildman–Crippen MR) is 80.2 cm³/mol. The summed E-state index contributed by atoms with van der Waals surface area (Å²) in [7, 11) is 0. The van der Waals surface area contributed by atoms with Gasteiger partial charge >= 0.3 is 5.97 Å². The van der Waals surface area contributed by atoms with Gasteiger partial charge in [-0.15, -0.1) is 0 Å². The lowest BCUT2D eigenvalue weighted by atomic mass is 9.61. The van der Waals surface area contributed by atoms with Crippen molar-refractivity contribution < 1.29 is 14.3 Å². The third-order valence-electron chi connectivity index (χ3n) is 4.84. The predicted octanol–water partition coefficient (Wildman–Crippen LogP) is 3.50. The number of carbonyl (C=O) groups excluding carboxylic acids is 2. The van der Waals surface area contributed by atoms with Crippen LogP contribution in [0.15, 0.2) is 0 Å². The summed E-state index contributed by atoms with van der Waals surface area (Å²) in [5.74, 6) is 0.277. The third kappa shape index (κ3) is 4.30. The lowest BCUT2D eigenvalue weighted by Gasteiger charge is -2.47. The Morgan fingerprint density at radius 3 is 2.43 bits per heavy atom. The highest BCUT2D eigenvalue weighted by molar-refractivity contribution is 5.75. The van der Waals surface area contributed by atoms with Gasteiger partial charge < -0.3 is 9.53 Å². The number of nitriles is 1. The minimum absolute atomic E-state index is 0.0727. The molecule has 118 valence electrons. The number of hydrogen-bond acceptors (Lipinski definition) is 4. The Bertz CT molecular complexity index is 438. The highest BCUT2D eigenvalue weighted by Crippen LogP contribution is 2.47. The molecule has 0 N–H and O–H groups in total. The maximum absolute atomic E-state index is 11.4. The van der Waals surface area contributed by atoms with Gasteiger partial charge in [-0.2, -0.15) is 5.26 Å². The van der Waals surface area contributed by atoms with Crippen LogP contribution in [0.4, 0.5) is 0 Å². The van der Waals surface area contributed by atoms with Crippen LogP contribution in [-0.2, 0) is 14.3 Å². The summed E-state index contributed by atoms with van der Waals surface area (Å²) >= 11 is 0. The normalized spacial score (nSPS) is 32.5. The third-order valence-corrected chi connectivity index (χ3v) is 4.84. The average molecular weight is 293 g/mol. The van der Waals surface area contributed by atoms with E-state index in [-0.39, 0.29) is 23.6 Å². The number of ether oxygens (including phenoxy) is 1. The summed E-state index contributed by atoms with van der Waals surface area (Å²) in [4.78, 5) is 22.8. The molecule has 4 atom stereocenters. The molecule has 0 aromatic heterocycles. The van der Waals surface area contributed by atoms with Crippen molar-refractivity contribution in [3.8, 4) is 6.07 Å². The first-order valence-corrected chi connectivity index (χ1v) is 7.80. The topological polar surface area (TPSA) is 67.2 Å². The van der Waals surface area contributed by atoms with Crippen molar-refractivity contribution in [3.63, 3.8) is 0 Å². The fourth-order valence-electron chi connectivity index (χ4n) is 3.73. The van der Waals surface area contributed by atoms with Crippen LogP contribution in [0.5, 0.6) is 0 Å². The van der Waals surface area contributed by atoms with E-state index in [2.05, 4.69) is 19.9 Å². The Morgan fingerprint density at radius 1 is 1.38 bits per heavy atom. The Kier molecular flexibility index (Phi) is 5.95. The molecular weight excluding hydrogens is 266 g/mol. The molecule has 0 spiro atoms. The molecule has 1 aliphatic carbocycles. The van der Waals surface area contributed by atoms with Crippen LogP contribution in [0.25, 0.3) is 0 Å². The molecule has 0 saturated heterocycles. The van der Waals surface area contributed by atoms with E-state index < -0.39 is 5.60 Å². The zero-order valence-corrected chi connectivity index (χ0v) is 13.8. The molecule has 21 heavy (non-hydrogen) atoms. The average Bonchev–Trinajstić information content (AvgIpc) is 2.34. The molecule has 0 radical (unpaired) electrons. The van der Waals surface area contributed by atoms with E-state index in [1.54, 1.807) is 6.92 Å². The van der Waals surface area contributed by atoms with Gasteiger partial charge in [-0.3, -0.25) is 4.79 Å². The van der Waals surface area contributed by atoms with E-state index in [9.17, 15) is 14.9 Å². The molecule has 1 aliphatic rings. The molecule has 0 aromatic carbocycles. The first kappa shape index (κ1) is 17.7. The first-order chi connectivity index (χ1) is 9.71. The zero-order valence-electron chi connectivity index (χ0n) is 13.8. The van der Waals surface area contributed by atoms with E-state index >= 15 is 0 Å². The number of rotatable bonds is 5. The van der Waals surface area contributed by atoms with E-state index in [1.807, 2.05) is 6.92 Å². The van der Waals surface area contributed by atoms with Crippen LogP contribution in [-0.4, -0.2) is 17.4 Å². The van der Waals surface area contributed by atoms with E-state index in [1.165, 1.54) is 6.92 Å². The van der Waals surface area contributed by atoms with Crippen molar-refractivity contribution in [2.24, 2.45) is 23.7 Å². The maximum atomic E-state index is 11.4. The fraction of sp³-hybridized carbons (Fsp3) is 0.824. The molecule has 0 heterocycles. The van der Waals surface area contributed by atoms with Crippen molar-refractivity contribution in [2.75, 3.05) is 0 Å². The Morgan fingerprint density at radius 2 is 2.00 bits per heavy atom. The molecule has 4 heteroatoms. The minimum Gasteiger partial charge on any atom is -0.459 e. The van der Waals surface area contributed by atoms with Gasteiger partial charge in [0.2, 0.25) is 0 Å². The number of ketones is 1. The molecule has 1 rings (SSSR count). The highest BCUT2D eigenvalue weighted by atomic mass is 16.6. The Balaban J connectivity index is 3.06. The van der Waals surface area contributed by atoms with Crippen molar-refractivity contribution in [2.45, 2.75) is 65.9 Å². The Labute approximate surface area is 127 Å². The first-order valence-electron chi connectivity index (χ1n) is 7.80. The molecule has 0 aromatic rings. The molecule has 4 nitrogen and oxygen atoms in total. The highest BCUT2D eigenvalue weighted by Gasteiger charge is 2.49. The molecule has 0 amide bonds. The molecule has 1 fully saturated rings. The summed E-state index contributed by atoms with van der Waals surface area (Å²) in [5, 5.41) is 9.64. The maximum Gasteiger partial charge on any atom is 0.303 e. The molecule has 0 bridgehead atoms. The van der Waals surface area contributed by atoms with Crippen LogP contribution in [0.2, 0.25) is 0 Å². The van der Waals surface area contributed by atoms with Gasteiger partial charge in [-0.1, -0.05) is 13.8 Å². The number of hydrogen-bond donors (Lipinski definition) is 0. The quantitative estimate of drug-likeness (QED) is 0.728. The lowest BCUT2D eigenvalue weighted by Crippen LogP contribution is -2.49. The van der Waals surface area contributed by atoms with Crippen molar-refractivity contribution in [1.82, 2.24) is 0 Å². The molecular formula is C17H27NO3. The summed E-state index contributed by atoms with van der Waals surface area (Å²) in [6.45, 7) is 9.15. The summed E-state index contributed by atoms with van der Waals surface area (Å²) in [6.07, 6.45) is 2.69. The largest absolute Gasteiger partial charge is 0.459 e. The van der Waals surface area contributed by atoms with Crippen LogP contribution in [0.1, 0.15) is 60.3 Å². The second-order valence-corrected chi connectivity index (χ2v) is 6.85. The summed E-state index contributed by atoms with van der Waals surface area (Å²) in [6, 6.07) is 2.43. The van der Waals surface area contributed by atoms with Crippen LogP contribution < -0.4 is 0 Å². The summed E-state index contributed by atoms with van der Waals surface area (Å²) in [5.41, 5.74) is -0.632. The van der Waals surface area contributed by atoms with Gasteiger partial charge in [0.15, 0.2) is 0 Å². The van der Waals surface area contributed by atoms with Crippen molar-refractivity contribution in [3.05, 3.63) is 0 Å². The van der Waals surface area contributed by atoms with Crippen molar-refractivity contribution in [1.29, 1.82) is 5.26 Å². The number of carbonyl (C=O) groups is 2. The molecule has 0 aliphatic heterocycles. The van der Waals surface area contributed by atoms with Gasteiger partial charge in [0.1, 0.15) is 11.4 Å². The van der Waals surface area contributed by atoms with Gasteiger partial charge in [-0.25, -0.2) is 0 Å². The fourth-order valence-corrected chi connectivity index (χ4v) is 3.73. The van der Waals surface area contributed by atoms with Crippen LogP contribution >= 0.6 is 0 Å². The van der Waals surface area contributed by atoms with Gasteiger partial charge in [0, 0.05) is 19.3 Å². The Hall–Kier alpha value is -1.37. The smallest absolute Gasteiger partial charge is 0.303 e. The van der Waals surface area contributed by atoms with Crippen LogP contribution in [0, 0.1) is 35.0 Å². The van der Waals surface area contributed by atoms with Gasteiger partial charge in [0.25, 0.3) is 0 Å². The number of Topliss-reactive ketones (excluding diaryl/α,β-unsaturated/α-hetero) is 1. The van der Waals surface area contributed by atoms with Crippen LogP contribution in [0.3, 0.4) is 0 Å². The number of nitrogens with zero attached hydrogens (tertiary/aromatic N) is 1. The van der Waals surface area contributed by atoms with E-state index in [0.717, 1.165) is 12.8 Å². The van der Waals surface area contributed by atoms with Crippen molar-refractivity contribution >= 4 is 11.8 Å². The standard InChI is InChI=1S/C17H27NO3/c1-11(2)14-8-9-17(5,21-13(4)20)16(15(14)10-18)7-6-12(3)19/h11,14-16H,6-9H2,1-5H3/t14-,15-,16-,17-/m0/s1. The van der Waals surface area contributed by atoms with Gasteiger partial charge in [0.05, 0.1) is 12.0 Å². The lowest BCUT2D eigenvalue weighted by molar-refractivity contribution is -0.171. The molecule has 1 saturated carbocycles. The second kappa shape index (κ2) is 7.06. The SMILES string of the molecule is CC(=O)CC[C@H]1[C@@H](C#N)[C@H](C(C)C)CC[C@]1(C)OC(C)=O. The number of esters is 1. The van der Waals surface area contributed by atoms with E-state index in [0.29, 0.717) is 24.7 Å². The zero-order chi connectivity index (χ0) is 16.2.